The van der Waals surface area contributed by atoms with Crippen LogP contribution in [0.1, 0.15) is 154 Å². The van der Waals surface area contributed by atoms with Gasteiger partial charge in [-0.3, -0.25) is 9.59 Å². The van der Waals surface area contributed by atoms with E-state index in [0.29, 0.717) is 26.1 Å². The van der Waals surface area contributed by atoms with Gasteiger partial charge in [0.05, 0.1) is 13.2 Å². The molecule has 0 aromatic heterocycles. The molecule has 0 saturated carbocycles. The zero-order valence-corrected chi connectivity index (χ0v) is 26.2. The van der Waals surface area contributed by atoms with Crippen LogP contribution in [0.25, 0.3) is 0 Å². The van der Waals surface area contributed by atoms with E-state index in [-0.39, 0.29) is 11.9 Å². The van der Waals surface area contributed by atoms with Crippen LogP contribution >= 0.6 is 0 Å². The molecule has 0 spiro atoms. The third-order valence-corrected chi connectivity index (χ3v) is 6.71. The molecule has 0 aliphatic carbocycles. The minimum atomic E-state index is -0.0258. The molecule has 0 aromatic carbocycles. The largest absolute Gasteiger partial charge is 0.466 e. The number of esters is 2. The lowest BCUT2D eigenvalue weighted by molar-refractivity contribution is -0.144. The Balaban J connectivity index is 0. The van der Waals surface area contributed by atoms with Crippen molar-refractivity contribution in [2.45, 2.75) is 154 Å². The van der Waals surface area contributed by atoms with Gasteiger partial charge in [0.25, 0.3) is 0 Å². The number of allylic oxidation sites excluding steroid dienone is 4. The third kappa shape index (κ3) is 38.0. The molecule has 0 rings (SSSR count). The first kappa shape index (κ1) is 40.0. The second-order valence-electron chi connectivity index (χ2n) is 10.6. The monoisotopic (exact) mass is 560 g/mol. The van der Waals surface area contributed by atoms with Crippen molar-refractivity contribution in [2.24, 2.45) is 0 Å². The summed E-state index contributed by atoms with van der Waals surface area (Å²) in [5.74, 6) is -0.0515. The lowest BCUT2D eigenvalue weighted by Gasteiger charge is -2.05. The first-order chi connectivity index (χ1) is 19.6. The Hall–Kier alpha value is -2.10. The molecule has 0 radical (unpaired) electrons. The summed E-state index contributed by atoms with van der Waals surface area (Å²) in [6, 6.07) is 0. The molecule has 0 N–H and O–H groups in total. The molecule has 4 nitrogen and oxygen atoms in total. The summed E-state index contributed by atoms with van der Waals surface area (Å²) in [5.41, 5.74) is 0. The van der Waals surface area contributed by atoms with Gasteiger partial charge in [-0.2, -0.15) is 0 Å². The molecular weight excluding hydrogens is 496 g/mol. The molecule has 0 amide bonds. The van der Waals surface area contributed by atoms with Crippen molar-refractivity contribution in [3.05, 3.63) is 50.6 Å². The predicted molar refractivity (Wildman–Crippen MR) is 174 cm³/mol. The highest BCUT2D eigenvalue weighted by Crippen LogP contribution is 2.10. The van der Waals surface area contributed by atoms with E-state index in [1.54, 1.807) is 0 Å². The van der Waals surface area contributed by atoms with E-state index in [4.69, 9.17) is 9.47 Å². The highest BCUT2D eigenvalue weighted by Gasteiger charge is 2.03. The van der Waals surface area contributed by atoms with E-state index in [0.717, 1.165) is 77.0 Å². The van der Waals surface area contributed by atoms with Crippen LogP contribution < -0.4 is 0 Å². The van der Waals surface area contributed by atoms with Gasteiger partial charge in [0.2, 0.25) is 0 Å². The fraction of sp³-hybridized carbons (Fsp3) is 0.722. The Bertz CT molecular complexity index is 496. The van der Waals surface area contributed by atoms with Crippen LogP contribution in [0.3, 0.4) is 0 Å². The standard InChI is InChI=1S/2C18H32O2/c2*1-3-5-7-9-11-12-14-16-18(19)20-17-15-13-10-8-6-4-2/h2*3-4H,1-2,5-17H2. The van der Waals surface area contributed by atoms with Crippen molar-refractivity contribution in [3.8, 4) is 0 Å². The topological polar surface area (TPSA) is 52.6 Å². The summed E-state index contributed by atoms with van der Waals surface area (Å²) >= 11 is 0. The normalized spacial score (nSPS) is 10.2. The maximum absolute atomic E-state index is 11.5. The van der Waals surface area contributed by atoms with E-state index in [1.807, 2.05) is 24.3 Å². The van der Waals surface area contributed by atoms with Crippen LogP contribution in [0.15, 0.2) is 50.6 Å². The Kier molecular flexibility index (Phi) is 36.9. The fourth-order valence-corrected chi connectivity index (χ4v) is 4.18. The number of carbonyl (C=O) groups is 2. The maximum Gasteiger partial charge on any atom is 0.305 e. The molecule has 0 heterocycles. The lowest BCUT2D eigenvalue weighted by atomic mass is 10.1. The third-order valence-electron chi connectivity index (χ3n) is 6.71. The lowest BCUT2D eigenvalue weighted by Crippen LogP contribution is -2.05. The zero-order valence-electron chi connectivity index (χ0n) is 26.2. The van der Waals surface area contributed by atoms with Crippen molar-refractivity contribution in [3.63, 3.8) is 0 Å². The van der Waals surface area contributed by atoms with Crippen molar-refractivity contribution >= 4 is 11.9 Å². The van der Waals surface area contributed by atoms with Crippen LogP contribution in [0.5, 0.6) is 0 Å². The van der Waals surface area contributed by atoms with Crippen molar-refractivity contribution in [2.75, 3.05) is 13.2 Å². The molecule has 0 unspecified atom stereocenters. The molecule has 4 heteroatoms. The van der Waals surface area contributed by atoms with E-state index < -0.39 is 0 Å². The van der Waals surface area contributed by atoms with Crippen molar-refractivity contribution in [1.82, 2.24) is 0 Å². The van der Waals surface area contributed by atoms with E-state index in [2.05, 4.69) is 26.3 Å². The molecule has 0 aliphatic rings. The highest BCUT2D eigenvalue weighted by molar-refractivity contribution is 5.69. The predicted octanol–water partition coefficient (Wildman–Crippen LogP) is 11.2. The molecule has 0 atom stereocenters. The number of ether oxygens (including phenoxy) is 2. The van der Waals surface area contributed by atoms with Gasteiger partial charge < -0.3 is 9.47 Å². The molecule has 0 fully saturated rings. The smallest absolute Gasteiger partial charge is 0.305 e. The molecule has 40 heavy (non-hydrogen) atoms. The number of rotatable bonds is 30. The summed E-state index contributed by atoms with van der Waals surface area (Å²) < 4.78 is 10.4. The van der Waals surface area contributed by atoms with Crippen LogP contribution in [0, 0.1) is 0 Å². The van der Waals surface area contributed by atoms with Gasteiger partial charge in [-0.15, -0.1) is 26.3 Å². The minimum absolute atomic E-state index is 0.0258. The Labute approximate surface area is 248 Å². The Morgan fingerprint density at radius 3 is 0.925 bits per heavy atom. The zero-order chi connectivity index (χ0) is 29.8. The van der Waals surface area contributed by atoms with Crippen molar-refractivity contribution in [1.29, 1.82) is 0 Å². The molecular formula is C36H64O4. The van der Waals surface area contributed by atoms with Gasteiger partial charge in [-0.1, -0.05) is 88.5 Å². The quantitative estimate of drug-likeness (QED) is 0.0498. The van der Waals surface area contributed by atoms with Gasteiger partial charge in [0, 0.05) is 12.8 Å². The van der Waals surface area contributed by atoms with Gasteiger partial charge in [0.1, 0.15) is 0 Å². The molecule has 0 saturated heterocycles. The average molecular weight is 561 g/mol. The van der Waals surface area contributed by atoms with Crippen LogP contribution in [0.4, 0.5) is 0 Å². The van der Waals surface area contributed by atoms with Crippen LogP contribution in [0.2, 0.25) is 0 Å². The van der Waals surface area contributed by atoms with Gasteiger partial charge in [-0.05, 0) is 77.0 Å². The van der Waals surface area contributed by atoms with Gasteiger partial charge >= 0.3 is 11.9 Å². The Morgan fingerprint density at radius 2 is 0.625 bits per heavy atom. The highest BCUT2D eigenvalue weighted by atomic mass is 16.5. The summed E-state index contributed by atoms with van der Waals surface area (Å²) in [5, 5.41) is 0. The molecule has 0 aliphatic heterocycles. The van der Waals surface area contributed by atoms with E-state index in [1.165, 1.54) is 64.2 Å². The summed E-state index contributed by atoms with van der Waals surface area (Å²) in [6.45, 7) is 16.0. The van der Waals surface area contributed by atoms with Gasteiger partial charge in [-0.25, -0.2) is 0 Å². The van der Waals surface area contributed by atoms with Crippen LogP contribution in [-0.2, 0) is 19.1 Å². The number of hydrogen-bond donors (Lipinski definition) is 0. The number of carbonyl (C=O) groups excluding carboxylic acids is 2. The summed E-state index contributed by atoms with van der Waals surface area (Å²) in [7, 11) is 0. The second-order valence-corrected chi connectivity index (χ2v) is 10.6. The van der Waals surface area contributed by atoms with Crippen LogP contribution in [-0.4, -0.2) is 25.2 Å². The first-order valence-corrected chi connectivity index (χ1v) is 16.4. The fourth-order valence-electron chi connectivity index (χ4n) is 4.18. The molecule has 0 aromatic rings. The van der Waals surface area contributed by atoms with E-state index >= 15 is 0 Å². The first-order valence-electron chi connectivity index (χ1n) is 16.4. The summed E-state index contributed by atoms with van der Waals surface area (Å²) in [4.78, 5) is 22.9. The minimum Gasteiger partial charge on any atom is -0.466 e. The van der Waals surface area contributed by atoms with Gasteiger partial charge in [0.15, 0.2) is 0 Å². The molecule has 0 bridgehead atoms. The summed E-state index contributed by atoms with van der Waals surface area (Å²) in [6.07, 6.45) is 34.0. The maximum atomic E-state index is 11.5. The number of unbranched alkanes of at least 4 members (excludes halogenated alkanes) is 18. The second kappa shape index (κ2) is 36.9. The average Bonchev–Trinajstić information content (AvgIpc) is 2.95. The Morgan fingerprint density at radius 1 is 0.375 bits per heavy atom. The van der Waals surface area contributed by atoms with Crippen molar-refractivity contribution < 1.29 is 19.1 Å². The number of hydrogen-bond acceptors (Lipinski definition) is 4. The SMILES string of the molecule is C=CCCCCCCCC(=O)OCCCCCCC=C.C=CCCCCCCCC(=O)OCCCCCCC=C. The van der Waals surface area contributed by atoms with E-state index in [9.17, 15) is 9.59 Å². The molecule has 232 valence electrons.